The van der Waals surface area contributed by atoms with Gasteiger partial charge in [0.25, 0.3) is 0 Å². The number of ether oxygens (including phenoxy) is 1. The summed E-state index contributed by atoms with van der Waals surface area (Å²) in [6, 6.07) is 0.401. The molecule has 4 nitrogen and oxygen atoms in total. The molecule has 0 saturated heterocycles. The Morgan fingerprint density at radius 2 is 2.00 bits per heavy atom. The molecule has 0 spiro atoms. The van der Waals surface area contributed by atoms with Crippen molar-refractivity contribution in [3.05, 3.63) is 0 Å². The minimum absolute atomic E-state index is 0.125. The Hall–Kier alpha value is -0.130. The van der Waals surface area contributed by atoms with Crippen molar-refractivity contribution in [1.29, 1.82) is 0 Å². The van der Waals surface area contributed by atoms with Gasteiger partial charge in [-0.1, -0.05) is 19.8 Å². The highest BCUT2D eigenvalue weighted by atomic mass is 32.2. The van der Waals surface area contributed by atoms with Crippen LogP contribution in [0.5, 0.6) is 0 Å². The van der Waals surface area contributed by atoms with E-state index in [1.807, 2.05) is 0 Å². The third kappa shape index (κ3) is 5.40. The van der Waals surface area contributed by atoms with Crippen LogP contribution >= 0.6 is 0 Å². The maximum absolute atomic E-state index is 11.7. The van der Waals surface area contributed by atoms with Gasteiger partial charge in [0, 0.05) is 26.0 Å². The molecular formula is C14H29NO3S. The summed E-state index contributed by atoms with van der Waals surface area (Å²) in [6.07, 6.45) is 5.25. The molecule has 4 unspecified atom stereocenters. The van der Waals surface area contributed by atoms with Crippen molar-refractivity contribution in [1.82, 2.24) is 5.32 Å². The Morgan fingerprint density at radius 3 is 2.58 bits per heavy atom. The molecule has 5 heteroatoms. The first-order valence-corrected chi connectivity index (χ1v) is 9.23. The van der Waals surface area contributed by atoms with E-state index in [1.54, 1.807) is 7.11 Å². The van der Waals surface area contributed by atoms with Crippen molar-refractivity contribution in [3.8, 4) is 0 Å². The average Bonchev–Trinajstić information content (AvgIpc) is 2.37. The topological polar surface area (TPSA) is 55.4 Å². The molecule has 1 aliphatic rings. The lowest BCUT2D eigenvalue weighted by Crippen LogP contribution is -2.40. The fraction of sp³-hybridized carbons (Fsp3) is 1.00. The molecule has 19 heavy (non-hydrogen) atoms. The zero-order chi connectivity index (χ0) is 14.5. The quantitative estimate of drug-likeness (QED) is 0.727. The van der Waals surface area contributed by atoms with Crippen molar-refractivity contribution in [2.75, 3.05) is 26.5 Å². The molecule has 0 amide bonds. The number of hydrogen-bond acceptors (Lipinski definition) is 4. The minimum atomic E-state index is -2.88. The summed E-state index contributed by atoms with van der Waals surface area (Å²) in [6.45, 7) is 5.99. The first-order chi connectivity index (χ1) is 8.86. The lowest BCUT2D eigenvalue weighted by molar-refractivity contribution is 0.178. The summed E-state index contributed by atoms with van der Waals surface area (Å²) in [5, 5.41) is 3.33. The normalized spacial score (nSPS) is 28.0. The molecule has 0 aromatic carbocycles. The SMILES string of the molecule is COCCNC(C)C(C)C1CCCC(S(C)(=O)=O)C1. The summed E-state index contributed by atoms with van der Waals surface area (Å²) in [5.41, 5.74) is 0. The van der Waals surface area contributed by atoms with E-state index in [-0.39, 0.29) is 5.25 Å². The zero-order valence-electron chi connectivity index (χ0n) is 12.7. The van der Waals surface area contributed by atoms with E-state index in [4.69, 9.17) is 4.74 Å². The Bertz CT molecular complexity index is 356. The highest BCUT2D eigenvalue weighted by molar-refractivity contribution is 7.91. The number of methoxy groups -OCH3 is 1. The second kappa shape index (κ2) is 7.60. The molecule has 1 saturated carbocycles. The van der Waals surface area contributed by atoms with E-state index < -0.39 is 9.84 Å². The lowest BCUT2D eigenvalue weighted by Gasteiger charge is -2.35. The Balaban J connectivity index is 2.49. The van der Waals surface area contributed by atoms with Crippen LogP contribution in [0.4, 0.5) is 0 Å². The number of sulfone groups is 1. The van der Waals surface area contributed by atoms with Crippen molar-refractivity contribution in [3.63, 3.8) is 0 Å². The Kier molecular flexibility index (Phi) is 6.77. The predicted molar refractivity (Wildman–Crippen MR) is 79.1 cm³/mol. The van der Waals surface area contributed by atoms with Crippen LogP contribution in [0.2, 0.25) is 0 Å². The van der Waals surface area contributed by atoms with Crippen molar-refractivity contribution >= 4 is 9.84 Å². The van der Waals surface area contributed by atoms with Gasteiger partial charge in [-0.25, -0.2) is 8.42 Å². The fourth-order valence-corrected chi connectivity index (χ4v) is 4.22. The third-order valence-electron chi connectivity index (χ3n) is 4.58. The Morgan fingerprint density at radius 1 is 1.32 bits per heavy atom. The minimum Gasteiger partial charge on any atom is -0.383 e. The maximum Gasteiger partial charge on any atom is 0.150 e. The van der Waals surface area contributed by atoms with Gasteiger partial charge in [0.2, 0.25) is 0 Å². The molecule has 0 bridgehead atoms. The summed E-state index contributed by atoms with van der Waals surface area (Å²) in [5.74, 6) is 1.01. The molecule has 1 aliphatic carbocycles. The monoisotopic (exact) mass is 291 g/mol. The molecule has 1 rings (SSSR count). The van der Waals surface area contributed by atoms with Crippen LogP contribution < -0.4 is 5.32 Å². The van der Waals surface area contributed by atoms with Gasteiger partial charge in [0.1, 0.15) is 9.84 Å². The van der Waals surface area contributed by atoms with Gasteiger partial charge in [0.05, 0.1) is 11.9 Å². The van der Waals surface area contributed by atoms with Gasteiger partial charge in [0.15, 0.2) is 0 Å². The summed E-state index contributed by atoms with van der Waals surface area (Å²) >= 11 is 0. The number of rotatable bonds is 7. The molecule has 0 heterocycles. The maximum atomic E-state index is 11.7. The Labute approximate surface area is 118 Å². The van der Waals surface area contributed by atoms with Crippen LogP contribution in [-0.4, -0.2) is 46.2 Å². The molecule has 114 valence electrons. The molecule has 0 aromatic rings. The fourth-order valence-electron chi connectivity index (χ4n) is 3.03. The molecule has 0 radical (unpaired) electrons. The first-order valence-electron chi connectivity index (χ1n) is 7.27. The van der Waals surface area contributed by atoms with E-state index in [0.29, 0.717) is 24.5 Å². The van der Waals surface area contributed by atoms with Gasteiger partial charge < -0.3 is 10.1 Å². The average molecular weight is 291 g/mol. The third-order valence-corrected chi connectivity index (χ3v) is 6.22. The van der Waals surface area contributed by atoms with Crippen molar-refractivity contribution < 1.29 is 13.2 Å². The van der Waals surface area contributed by atoms with Gasteiger partial charge in [-0.05, 0) is 31.6 Å². The second-order valence-electron chi connectivity index (χ2n) is 5.97. The molecule has 1 fully saturated rings. The van der Waals surface area contributed by atoms with E-state index in [2.05, 4.69) is 19.2 Å². The largest absolute Gasteiger partial charge is 0.383 e. The molecule has 0 aliphatic heterocycles. The number of nitrogens with one attached hydrogen (secondary N) is 1. The van der Waals surface area contributed by atoms with Crippen LogP contribution in [0.1, 0.15) is 39.5 Å². The van der Waals surface area contributed by atoms with Gasteiger partial charge in [-0.3, -0.25) is 0 Å². The zero-order valence-corrected chi connectivity index (χ0v) is 13.5. The van der Waals surface area contributed by atoms with Gasteiger partial charge in [-0.15, -0.1) is 0 Å². The van der Waals surface area contributed by atoms with Crippen molar-refractivity contribution in [2.24, 2.45) is 11.8 Å². The van der Waals surface area contributed by atoms with Crippen LogP contribution in [0.15, 0.2) is 0 Å². The van der Waals surface area contributed by atoms with Crippen molar-refractivity contribution in [2.45, 2.75) is 50.8 Å². The van der Waals surface area contributed by atoms with E-state index in [1.165, 1.54) is 6.26 Å². The standard InChI is InChI=1S/C14H29NO3S/c1-11(12(2)15-8-9-18-3)13-6-5-7-14(10-13)19(4,16)17/h11-15H,5-10H2,1-4H3. The van der Waals surface area contributed by atoms with E-state index in [9.17, 15) is 8.42 Å². The van der Waals surface area contributed by atoms with Gasteiger partial charge >= 0.3 is 0 Å². The molecule has 0 aromatic heterocycles. The summed E-state index contributed by atoms with van der Waals surface area (Å²) in [7, 11) is -1.18. The smallest absolute Gasteiger partial charge is 0.150 e. The summed E-state index contributed by atoms with van der Waals surface area (Å²) < 4.78 is 28.4. The highest BCUT2D eigenvalue weighted by Gasteiger charge is 2.32. The highest BCUT2D eigenvalue weighted by Crippen LogP contribution is 2.34. The van der Waals surface area contributed by atoms with Crippen LogP contribution in [0, 0.1) is 11.8 Å². The van der Waals surface area contributed by atoms with E-state index in [0.717, 1.165) is 32.2 Å². The summed E-state index contributed by atoms with van der Waals surface area (Å²) in [4.78, 5) is 0. The molecule has 1 N–H and O–H groups in total. The second-order valence-corrected chi connectivity index (χ2v) is 8.30. The molecular weight excluding hydrogens is 262 g/mol. The number of hydrogen-bond donors (Lipinski definition) is 1. The van der Waals surface area contributed by atoms with Crippen LogP contribution in [0.3, 0.4) is 0 Å². The van der Waals surface area contributed by atoms with Gasteiger partial charge in [-0.2, -0.15) is 0 Å². The van der Waals surface area contributed by atoms with Crippen LogP contribution in [0.25, 0.3) is 0 Å². The predicted octanol–water partition coefficient (Wildman–Crippen LogP) is 1.85. The van der Waals surface area contributed by atoms with E-state index >= 15 is 0 Å². The lowest BCUT2D eigenvalue weighted by atomic mass is 9.78. The van der Waals surface area contributed by atoms with Crippen LogP contribution in [-0.2, 0) is 14.6 Å². The molecule has 4 atom stereocenters. The first kappa shape index (κ1) is 16.9.